The number of aliphatic hydroxyl groups is 1. The second-order valence-electron chi connectivity index (χ2n) is 8.00. The van der Waals surface area contributed by atoms with Gasteiger partial charge < -0.3 is 20.6 Å². The number of piperidine rings is 1. The summed E-state index contributed by atoms with van der Waals surface area (Å²) in [7, 11) is 0. The molecule has 1 aliphatic rings. The van der Waals surface area contributed by atoms with Crippen molar-refractivity contribution in [1.82, 2.24) is 14.6 Å². The zero-order valence-corrected chi connectivity index (χ0v) is 18.1. The minimum atomic E-state index is -0.106. The van der Waals surface area contributed by atoms with Crippen molar-refractivity contribution in [2.75, 3.05) is 28.7 Å². The Kier molecular flexibility index (Phi) is 6.36. The highest BCUT2D eigenvalue weighted by atomic mass is 16.3. The summed E-state index contributed by atoms with van der Waals surface area (Å²) in [5, 5.41) is 20.4. The number of aryl methyl sites for hydroxylation is 1. The van der Waals surface area contributed by atoms with Gasteiger partial charge in [0.15, 0.2) is 5.65 Å². The van der Waals surface area contributed by atoms with Crippen molar-refractivity contribution in [3.63, 3.8) is 0 Å². The fourth-order valence-corrected chi connectivity index (χ4v) is 4.26. The summed E-state index contributed by atoms with van der Waals surface area (Å²) in [5.41, 5.74) is 3.52. The van der Waals surface area contributed by atoms with Crippen LogP contribution in [0.3, 0.4) is 0 Å². The molecule has 0 radical (unpaired) electrons. The minimum Gasteiger partial charge on any atom is -0.396 e. The maximum atomic E-state index is 11.4. The number of carbonyl (C=O) groups excluding carboxylic acids is 1. The highest BCUT2D eigenvalue weighted by Crippen LogP contribution is 2.30. The number of amides is 1. The normalized spacial score (nSPS) is 16.5. The standard InChI is InChI=1S/C23H30N6O2/c1-3-17-15-24-29-22(26-19-8-6-7-18(13-19)25-16(2)31)14-21(27-23(17)29)28-11-5-4-9-20(28)10-12-30/h6-8,13-15,20,26,30H,3-5,9-12H2,1-2H3,(H,25,31)/t20-/m0/s1. The third kappa shape index (κ3) is 4.64. The number of fused-ring (bicyclic) bond motifs is 1. The molecule has 0 aliphatic carbocycles. The molecule has 1 saturated heterocycles. The Hall–Kier alpha value is -3.13. The zero-order chi connectivity index (χ0) is 21.8. The lowest BCUT2D eigenvalue weighted by atomic mass is 9.99. The molecule has 3 heterocycles. The van der Waals surface area contributed by atoms with Crippen LogP contribution in [-0.4, -0.2) is 44.8 Å². The quantitative estimate of drug-likeness (QED) is 0.537. The average molecular weight is 423 g/mol. The van der Waals surface area contributed by atoms with Crippen molar-refractivity contribution >= 4 is 34.6 Å². The predicted octanol–water partition coefficient (Wildman–Crippen LogP) is 3.74. The summed E-state index contributed by atoms with van der Waals surface area (Å²) < 4.78 is 1.83. The summed E-state index contributed by atoms with van der Waals surface area (Å²) in [4.78, 5) is 18.7. The topological polar surface area (TPSA) is 94.8 Å². The summed E-state index contributed by atoms with van der Waals surface area (Å²) in [6, 6.07) is 9.92. The Morgan fingerprint density at radius 2 is 2.10 bits per heavy atom. The molecular weight excluding hydrogens is 392 g/mol. The summed E-state index contributed by atoms with van der Waals surface area (Å²) in [6.45, 7) is 4.71. The van der Waals surface area contributed by atoms with Gasteiger partial charge in [-0.25, -0.2) is 4.98 Å². The molecule has 1 aliphatic heterocycles. The lowest BCUT2D eigenvalue weighted by Gasteiger charge is -2.36. The van der Waals surface area contributed by atoms with Crippen LogP contribution in [0.15, 0.2) is 36.5 Å². The van der Waals surface area contributed by atoms with Gasteiger partial charge in [0, 0.05) is 49.1 Å². The van der Waals surface area contributed by atoms with Gasteiger partial charge in [-0.15, -0.1) is 0 Å². The van der Waals surface area contributed by atoms with E-state index in [2.05, 4.69) is 27.6 Å². The Balaban J connectivity index is 1.74. The van der Waals surface area contributed by atoms with Gasteiger partial charge in [0.1, 0.15) is 11.6 Å². The van der Waals surface area contributed by atoms with Gasteiger partial charge in [0.05, 0.1) is 6.20 Å². The van der Waals surface area contributed by atoms with E-state index in [0.29, 0.717) is 0 Å². The van der Waals surface area contributed by atoms with Gasteiger partial charge in [-0.3, -0.25) is 4.79 Å². The number of benzene rings is 1. The second kappa shape index (κ2) is 9.34. The molecule has 4 rings (SSSR count). The average Bonchev–Trinajstić information content (AvgIpc) is 3.17. The first-order valence-electron chi connectivity index (χ1n) is 11.0. The molecule has 0 spiro atoms. The summed E-state index contributed by atoms with van der Waals surface area (Å²) >= 11 is 0. The Labute approximate surface area is 182 Å². The molecule has 0 unspecified atom stereocenters. The van der Waals surface area contributed by atoms with Crippen LogP contribution in [0.25, 0.3) is 5.65 Å². The number of nitrogens with zero attached hydrogens (tertiary/aromatic N) is 4. The van der Waals surface area contributed by atoms with Crippen LogP contribution in [-0.2, 0) is 11.2 Å². The number of rotatable bonds is 7. The highest BCUT2D eigenvalue weighted by Gasteiger charge is 2.25. The Morgan fingerprint density at radius 1 is 1.26 bits per heavy atom. The van der Waals surface area contributed by atoms with Gasteiger partial charge in [-0.2, -0.15) is 9.61 Å². The number of aliphatic hydroxyl groups excluding tert-OH is 1. The number of nitrogens with one attached hydrogen (secondary N) is 2. The van der Waals surface area contributed by atoms with E-state index < -0.39 is 0 Å². The largest absolute Gasteiger partial charge is 0.396 e. The van der Waals surface area contributed by atoms with Crippen molar-refractivity contribution < 1.29 is 9.90 Å². The molecule has 3 N–H and O–H groups in total. The summed E-state index contributed by atoms with van der Waals surface area (Å²) in [6.07, 6.45) is 6.82. The first-order valence-corrected chi connectivity index (χ1v) is 11.0. The van der Waals surface area contributed by atoms with Crippen molar-refractivity contribution in [2.45, 2.75) is 52.0 Å². The highest BCUT2D eigenvalue weighted by molar-refractivity contribution is 5.89. The van der Waals surface area contributed by atoms with E-state index in [0.717, 1.165) is 66.4 Å². The number of hydrogen-bond donors (Lipinski definition) is 3. The molecule has 31 heavy (non-hydrogen) atoms. The third-order valence-corrected chi connectivity index (χ3v) is 5.75. The first-order chi connectivity index (χ1) is 15.1. The van der Waals surface area contributed by atoms with Crippen LogP contribution >= 0.6 is 0 Å². The van der Waals surface area contributed by atoms with Crippen molar-refractivity contribution in [3.05, 3.63) is 42.1 Å². The van der Waals surface area contributed by atoms with Gasteiger partial charge in [-0.1, -0.05) is 13.0 Å². The van der Waals surface area contributed by atoms with Gasteiger partial charge in [0.2, 0.25) is 5.91 Å². The molecular formula is C23H30N6O2. The Bertz CT molecular complexity index is 1060. The monoisotopic (exact) mass is 422 g/mol. The maximum absolute atomic E-state index is 11.4. The molecule has 2 aromatic heterocycles. The predicted molar refractivity (Wildman–Crippen MR) is 123 cm³/mol. The van der Waals surface area contributed by atoms with E-state index in [4.69, 9.17) is 4.98 Å². The maximum Gasteiger partial charge on any atom is 0.221 e. The molecule has 1 aromatic carbocycles. The molecule has 1 amide bonds. The van der Waals surface area contributed by atoms with Gasteiger partial charge in [-0.05, 0) is 50.3 Å². The molecule has 164 valence electrons. The van der Waals surface area contributed by atoms with Gasteiger partial charge >= 0.3 is 0 Å². The molecule has 8 heteroatoms. The van der Waals surface area contributed by atoms with Crippen LogP contribution in [0.5, 0.6) is 0 Å². The van der Waals surface area contributed by atoms with Crippen molar-refractivity contribution in [2.24, 2.45) is 0 Å². The first kappa shape index (κ1) is 21.1. The molecule has 8 nitrogen and oxygen atoms in total. The van der Waals surface area contributed by atoms with Gasteiger partial charge in [0.25, 0.3) is 0 Å². The minimum absolute atomic E-state index is 0.106. The van der Waals surface area contributed by atoms with E-state index >= 15 is 0 Å². The molecule has 3 aromatic rings. The SMILES string of the molecule is CCc1cnn2c(Nc3cccc(NC(C)=O)c3)cc(N3CCCC[C@H]3CCO)nc12. The van der Waals surface area contributed by atoms with Crippen LogP contribution in [0.1, 0.15) is 45.1 Å². The lowest BCUT2D eigenvalue weighted by Crippen LogP contribution is -2.40. The number of anilines is 4. The van der Waals surface area contributed by atoms with E-state index in [1.807, 2.05) is 41.0 Å². The fraction of sp³-hybridized carbons (Fsp3) is 0.435. The second-order valence-corrected chi connectivity index (χ2v) is 8.00. The smallest absolute Gasteiger partial charge is 0.221 e. The van der Waals surface area contributed by atoms with E-state index in [9.17, 15) is 9.90 Å². The van der Waals surface area contributed by atoms with E-state index in [1.165, 1.54) is 13.3 Å². The number of hydrogen-bond acceptors (Lipinski definition) is 6. The van der Waals surface area contributed by atoms with Crippen LogP contribution in [0, 0.1) is 0 Å². The molecule has 0 saturated carbocycles. The van der Waals surface area contributed by atoms with E-state index in [-0.39, 0.29) is 18.6 Å². The number of aromatic nitrogens is 3. The molecule has 1 atom stereocenters. The van der Waals surface area contributed by atoms with Crippen LogP contribution in [0.4, 0.5) is 23.0 Å². The van der Waals surface area contributed by atoms with Crippen molar-refractivity contribution in [3.8, 4) is 0 Å². The van der Waals surface area contributed by atoms with Crippen molar-refractivity contribution in [1.29, 1.82) is 0 Å². The zero-order valence-electron chi connectivity index (χ0n) is 18.1. The Morgan fingerprint density at radius 3 is 2.87 bits per heavy atom. The number of carbonyl (C=O) groups is 1. The summed E-state index contributed by atoms with van der Waals surface area (Å²) in [5.74, 6) is 1.61. The fourth-order valence-electron chi connectivity index (χ4n) is 4.26. The molecule has 0 bridgehead atoms. The molecule has 1 fully saturated rings. The van der Waals surface area contributed by atoms with E-state index in [1.54, 1.807) is 0 Å². The van der Waals surface area contributed by atoms with Crippen LogP contribution < -0.4 is 15.5 Å². The van der Waals surface area contributed by atoms with Crippen LogP contribution in [0.2, 0.25) is 0 Å². The lowest BCUT2D eigenvalue weighted by molar-refractivity contribution is -0.114. The third-order valence-electron chi connectivity index (χ3n) is 5.75.